The fourth-order valence-corrected chi connectivity index (χ4v) is 4.05. The number of hydrogen-bond acceptors (Lipinski definition) is 1. The van der Waals surface area contributed by atoms with Crippen LogP contribution in [0.25, 0.3) is 0 Å². The van der Waals surface area contributed by atoms with Gasteiger partial charge >= 0.3 is 0 Å². The Labute approximate surface area is 132 Å². The molecule has 0 N–H and O–H groups in total. The molecule has 2 atom stereocenters. The summed E-state index contributed by atoms with van der Waals surface area (Å²) in [7, 11) is 0. The summed E-state index contributed by atoms with van der Waals surface area (Å²) in [4.78, 5) is 4.60. The van der Waals surface area contributed by atoms with Crippen molar-refractivity contribution in [2.24, 2.45) is 10.9 Å². The Morgan fingerprint density at radius 3 is 2.64 bits per heavy atom. The van der Waals surface area contributed by atoms with Gasteiger partial charge in [-0.05, 0) is 59.8 Å². The number of hydrogen-bond donors (Lipinski definition) is 0. The molecule has 0 aromatic heterocycles. The molecule has 0 heterocycles. The molecule has 2 aliphatic carbocycles. The largest absolute Gasteiger partial charge is 0.264 e. The lowest BCUT2D eigenvalue weighted by molar-refractivity contribution is 0.416. The first-order valence-electron chi connectivity index (χ1n) is 8.27. The minimum atomic E-state index is 0.680. The third kappa shape index (κ3) is 2.52. The maximum absolute atomic E-state index is 4.60. The second-order valence-electron chi connectivity index (χ2n) is 6.40. The van der Waals surface area contributed by atoms with E-state index in [9.17, 15) is 0 Å². The molecule has 110 valence electrons. The van der Waals surface area contributed by atoms with Gasteiger partial charge in [-0.15, -0.1) is 0 Å². The number of rotatable bonds is 2. The number of aliphatic imine (C=N–C) groups is 1. The van der Waals surface area contributed by atoms with Crippen LogP contribution in [0.3, 0.4) is 0 Å². The zero-order chi connectivity index (χ0) is 14.8. The van der Waals surface area contributed by atoms with Gasteiger partial charge in [-0.1, -0.05) is 54.6 Å². The molecule has 0 bridgehead atoms. The van der Waals surface area contributed by atoms with Crippen LogP contribution in [0.2, 0.25) is 0 Å². The molecule has 0 aliphatic heterocycles. The van der Waals surface area contributed by atoms with E-state index in [2.05, 4.69) is 59.7 Å². The normalized spacial score (nSPS) is 25.4. The summed E-state index contributed by atoms with van der Waals surface area (Å²) in [5.74, 6) is 1.40. The zero-order valence-electron chi connectivity index (χ0n) is 12.8. The number of fused-ring (bicyclic) bond motifs is 3. The second-order valence-corrected chi connectivity index (χ2v) is 6.40. The Bertz CT molecular complexity index is 712. The molecule has 2 aromatic carbocycles. The summed E-state index contributed by atoms with van der Waals surface area (Å²) in [6.45, 7) is 0. The second kappa shape index (κ2) is 5.92. The summed E-state index contributed by atoms with van der Waals surface area (Å²) < 4.78 is 0. The highest BCUT2D eigenvalue weighted by Crippen LogP contribution is 2.48. The average molecular weight is 287 g/mol. The third-order valence-corrected chi connectivity index (χ3v) is 5.10. The van der Waals surface area contributed by atoms with Gasteiger partial charge in [0.1, 0.15) is 0 Å². The van der Waals surface area contributed by atoms with Gasteiger partial charge in [0.05, 0.1) is 0 Å². The predicted molar refractivity (Wildman–Crippen MR) is 92.3 cm³/mol. The van der Waals surface area contributed by atoms with Crippen molar-refractivity contribution < 1.29 is 0 Å². The summed E-state index contributed by atoms with van der Waals surface area (Å²) in [5.41, 5.74) is 5.85. The van der Waals surface area contributed by atoms with Crippen molar-refractivity contribution in [1.82, 2.24) is 0 Å². The Balaban J connectivity index is 1.56. The van der Waals surface area contributed by atoms with E-state index >= 15 is 0 Å². The predicted octanol–water partition coefficient (Wildman–Crippen LogP) is 5.13. The highest BCUT2D eigenvalue weighted by atomic mass is 14.7. The van der Waals surface area contributed by atoms with E-state index in [1.54, 1.807) is 16.7 Å². The third-order valence-electron chi connectivity index (χ3n) is 5.10. The maximum Gasteiger partial charge on any atom is 0.0340 e. The van der Waals surface area contributed by atoms with E-state index in [4.69, 9.17) is 0 Å². The summed E-state index contributed by atoms with van der Waals surface area (Å²) >= 11 is 0. The Morgan fingerprint density at radius 1 is 0.909 bits per heavy atom. The van der Waals surface area contributed by atoms with Crippen molar-refractivity contribution in [3.05, 3.63) is 83.1 Å². The van der Waals surface area contributed by atoms with Crippen LogP contribution in [0, 0.1) is 5.92 Å². The molecule has 4 rings (SSSR count). The first-order valence-corrected chi connectivity index (χ1v) is 8.27. The van der Waals surface area contributed by atoms with Gasteiger partial charge in [0.25, 0.3) is 0 Å². The van der Waals surface area contributed by atoms with Gasteiger partial charge in [0.15, 0.2) is 0 Å². The minimum Gasteiger partial charge on any atom is -0.264 e. The van der Waals surface area contributed by atoms with Crippen molar-refractivity contribution in [3.63, 3.8) is 0 Å². The van der Waals surface area contributed by atoms with E-state index in [-0.39, 0.29) is 0 Å². The van der Waals surface area contributed by atoms with E-state index in [0.717, 1.165) is 5.92 Å². The van der Waals surface area contributed by atoms with Crippen LogP contribution in [-0.2, 0) is 6.42 Å². The molecule has 0 spiro atoms. The number of allylic oxidation sites excluding steroid dienone is 1. The molecule has 1 fully saturated rings. The Kier molecular flexibility index (Phi) is 3.64. The topological polar surface area (TPSA) is 12.4 Å². The number of benzene rings is 2. The van der Waals surface area contributed by atoms with Crippen molar-refractivity contribution in [2.75, 3.05) is 0 Å². The van der Waals surface area contributed by atoms with Gasteiger partial charge in [0.2, 0.25) is 0 Å². The monoisotopic (exact) mass is 287 g/mol. The van der Waals surface area contributed by atoms with Crippen molar-refractivity contribution >= 4 is 6.21 Å². The molecule has 1 saturated carbocycles. The van der Waals surface area contributed by atoms with Crippen LogP contribution in [0.1, 0.15) is 41.9 Å². The molecule has 2 aromatic rings. The van der Waals surface area contributed by atoms with Crippen molar-refractivity contribution in [1.29, 1.82) is 0 Å². The van der Waals surface area contributed by atoms with Crippen LogP contribution >= 0.6 is 0 Å². The lowest BCUT2D eigenvalue weighted by atomic mass is 9.76. The number of nitrogens with zero attached hydrogens (tertiary/aromatic N) is 1. The quantitative estimate of drug-likeness (QED) is 0.679. The van der Waals surface area contributed by atoms with Gasteiger partial charge in [-0.3, -0.25) is 4.99 Å². The fourth-order valence-electron chi connectivity index (χ4n) is 4.05. The fraction of sp³-hybridized carbons (Fsp3) is 0.286. The van der Waals surface area contributed by atoms with Gasteiger partial charge in [-0.2, -0.15) is 0 Å². The lowest BCUT2D eigenvalue weighted by Gasteiger charge is -2.28. The standard InChI is InChI=1S/C21H21N/c1-2-7-16(8-3-1)14-22-15-18-10-6-12-20-19-11-5-4-9-17(19)13-21(18)20/h1-5,7-9,11,14-15,20-21H,6,10,12-13H2/b18-15-,22-14?/t20-,21-/m0/s1. The van der Waals surface area contributed by atoms with Crippen LogP contribution in [0.15, 0.2) is 71.4 Å². The van der Waals surface area contributed by atoms with Gasteiger partial charge in [-0.25, -0.2) is 0 Å². The van der Waals surface area contributed by atoms with E-state index < -0.39 is 0 Å². The summed E-state index contributed by atoms with van der Waals surface area (Å²) in [5, 5.41) is 0. The summed E-state index contributed by atoms with van der Waals surface area (Å²) in [6.07, 6.45) is 9.15. The Hall–Kier alpha value is -2.15. The van der Waals surface area contributed by atoms with Gasteiger partial charge in [0, 0.05) is 12.4 Å². The smallest absolute Gasteiger partial charge is 0.0340 e. The first-order chi connectivity index (χ1) is 10.9. The van der Waals surface area contributed by atoms with Crippen LogP contribution in [0.5, 0.6) is 0 Å². The van der Waals surface area contributed by atoms with Gasteiger partial charge < -0.3 is 0 Å². The van der Waals surface area contributed by atoms with Crippen LogP contribution in [0.4, 0.5) is 0 Å². The molecular weight excluding hydrogens is 266 g/mol. The van der Waals surface area contributed by atoms with E-state index in [1.807, 2.05) is 12.3 Å². The molecule has 1 nitrogen and oxygen atoms in total. The first kappa shape index (κ1) is 13.5. The molecule has 2 aliphatic rings. The molecule has 0 unspecified atom stereocenters. The maximum atomic E-state index is 4.60. The van der Waals surface area contributed by atoms with Crippen LogP contribution in [-0.4, -0.2) is 6.21 Å². The molecule has 1 heteroatoms. The molecule has 0 saturated heterocycles. The molecule has 0 radical (unpaired) electrons. The Morgan fingerprint density at radius 2 is 1.73 bits per heavy atom. The average Bonchev–Trinajstić information content (AvgIpc) is 2.96. The molecule has 22 heavy (non-hydrogen) atoms. The van der Waals surface area contributed by atoms with E-state index in [1.165, 1.54) is 31.2 Å². The highest BCUT2D eigenvalue weighted by molar-refractivity contribution is 5.79. The summed E-state index contributed by atoms with van der Waals surface area (Å²) in [6, 6.07) is 19.3. The van der Waals surface area contributed by atoms with Crippen LogP contribution < -0.4 is 0 Å². The SMILES string of the molecule is C(=N/C=C1/CCC[C@H]2c3ccccc3C[C@@H]12)c1ccccc1. The van der Waals surface area contributed by atoms with Crippen molar-refractivity contribution in [3.8, 4) is 0 Å². The molecule has 0 amide bonds. The zero-order valence-corrected chi connectivity index (χ0v) is 12.8. The van der Waals surface area contributed by atoms with E-state index in [0.29, 0.717) is 5.92 Å². The minimum absolute atomic E-state index is 0.680. The molecular formula is C21H21N. The lowest BCUT2D eigenvalue weighted by Crippen LogP contribution is -2.16. The van der Waals surface area contributed by atoms with Crippen molar-refractivity contribution in [2.45, 2.75) is 31.6 Å². The highest BCUT2D eigenvalue weighted by Gasteiger charge is 2.36.